The molecule has 0 aliphatic carbocycles. The van der Waals surface area contributed by atoms with E-state index in [0.717, 1.165) is 12.0 Å². The molecule has 0 aromatic carbocycles. The molecule has 2 rings (SSSR count). The average molecular weight is 309 g/mol. The van der Waals surface area contributed by atoms with Crippen LogP contribution in [0.15, 0.2) is 28.9 Å². The SMILES string of the molecule is CCOC(=O)CSc1ncc(Cc2cccs2)c(N)n1. The number of hydrogen-bond acceptors (Lipinski definition) is 7. The summed E-state index contributed by atoms with van der Waals surface area (Å²) in [6.07, 6.45) is 2.45. The van der Waals surface area contributed by atoms with Crippen molar-refractivity contribution in [2.75, 3.05) is 18.1 Å². The predicted octanol–water partition coefficient (Wildman–Crippen LogP) is 2.37. The highest BCUT2D eigenvalue weighted by Gasteiger charge is 2.09. The molecule has 0 aliphatic heterocycles. The van der Waals surface area contributed by atoms with Crippen molar-refractivity contribution >= 4 is 34.9 Å². The molecular weight excluding hydrogens is 294 g/mol. The Kier molecular flexibility index (Phi) is 5.37. The fourth-order valence-electron chi connectivity index (χ4n) is 1.54. The quantitative estimate of drug-likeness (QED) is 0.501. The predicted molar refractivity (Wildman–Crippen MR) is 80.9 cm³/mol. The van der Waals surface area contributed by atoms with Gasteiger partial charge in [0, 0.05) is 23.1 Å². The molecule has 2 heterocycles. The largest absolute Gasteiger partial charge is 0.465 e. The summed E-state index contributed by atoms with van der Waals surface area (Å²) in [6.45, 7) is 2.15. The molecule has 0 amide bonds. The molecule has 0 fully saturated rings. The van der Waals surface area contributed by atoms with Crippen molar-refractivity contribution in [1.29, 1.82) is 0 Å². The van der Waals surface area contributed by atoms with Crippen LogP contribution in [0.1, 0.15) is 17.4 Å². The number of esters is 1. The molecule has 0 bridgehead atoms. The highest BCUT2D eigenvalue weighted by Crippen LogP contribution is 2.20. The monoisotopic (exact) mass is 309 g/mol. The first-order valence-electron chi connectivity index (χ1n) is 6.11. The zero-order valence-corrected chi connectivity index (χ0v) is 12.7. The number of rotatable bonds is 6. The maximum atomic E-state index is 11.3. The molecular formula is C13H15N3O2S2. The van der Waals surface area contributed by atoms with Crippen LogP contribution in [0.25, 0.3) is 0 Å². The normalized spacial score (nSPS) is 10.4. The second kappa shape index (κ2) is 7.25. The van der Waals surface area contributed by atoms with Crippen molar-refractivity contribution in [3.63, 3.8) is 0 Å². The molecule has 2 aromatic rings. The van der Waals surface area contributed by atoms with Crippen LogP contribution in [0.2, 0.25) is 0 Å². The van der Waals surface area contributed by atoms with E-state index in [2.05, 4.69) is 9.97 Å². The second-order valence-electron chi connectivity index (χ2n) is 3.91. The Balaban J connectivity index is 1.97. The number of aromatic nitrogens is 2. The van der Waals surface area contributed by atoms with Crippen LogP contribution in [0.5, 0.6) is 0 Å². The third-order valence-corrected chi connectivity index (χ3v) is 4.16. The third kappa shape index (κ3) is 4.21. The van der Waals surface area contributed by atoms with E-state index < -0.39 is 0 Å². The smallest absolute Gasteiger partial charge is 0.316 e. The van der Waals surface area contributed by atoms with Crippen LogP contribution in [0, 0.1) is 0 Å². The van der Waals surface area contributed by atoms with E-state index in [1.165, 1.54) is 16.6 Å². The van der Waals surface area contributed by atoms with Crippen molar-refractivity contribution in [2.24, 2.45) is 0 Å². The van der Waals surface area contributed by atoms with E-state index in [-0.39, 0.29) is 11.7 Å². The summed E-state index contributed by atoms with van der Waals surface area (Å²) in [4.78, 5) is 20.9. The molecule has 5 nitrogen and oxygen atoms in total. The van der Waals surface area contributed by atoms with Gasteiger partial charge in [-0.15, -0.1) is 11.3 Å². The molecule has 2 N–H and O–H groups in total. The van der Waals surface area contributed by atoms with Crippen LogP contribution in [-0.2, 0) is 16.0 Å². The Morgan fingerprint density at radius 1 is 1.55 bits per heavy atom. The van der Waals surface area contributed by atoms with Gasteiger partial charge in [-0.1, -0.05) is 17.8 Å². The van der Waals surface area contributed by atoms with Crippen molar-refractivity contribution in [1.82, 2.24) is 9.97 Å². The van der Waals surface area contributed by atoms with E-state index in [0.29, 0.717) is 17.6 Å². The average Bonchev–Trinajstić information content (AvgIpc) is 2.92. The minimum absolute atomic E-state index is 0.192. The number of nitrogen functional groups attached to an aromatic ring is 1. The van der Waals surface area contributed by atoms with Gasteiger partial charge in [0.25, 0.3) is 0 Å². The highest BCUT2D eigenvalue weighted by molar-refractivity contribution is 7.99. The summed E-state index contributed by atoms with van der Waals surface area (Å²) in [5.74, 6) is 0.375. The summed E-state index contributed by atoms with van der Waals surface area (Å²) < 4.78 is 4.84. The molecule has 0 saturated heterocycles. The zero-order valence-electron chi connectivity index (χ0n) is 11.0. The van der Waals surface area contributed by atoms with Crippen LogP contribution in [-0.4, -0.2) is 28.3 Å². The van der Waals surface area contributed by atoms with Gasteiger partial charge in [-0.25, -0.2) is 9.97 Å². The zero-order chi connectivity index (χ0) is 14.4. The molecule has 7 heteroatoms. The number of thioether (sulfide) groups is 1. The minimum Gasteiger partial charge on any atom is -0.465 e. The Labute approximate surface area is 125 Å². The lowest BCUT2D eigenvalue weighted by Gasteiger charge is -2.05. The first-order chi connectivity index (χ1) is 9.69. The Morgan fingerprint density at radius 2 is 2.40 bits per heavy atom. The van der Waals surface area contributed by atoms with Crippen LogP contribution in [0.4, 0.5) is 5.82 Å². The van der Waals surface area contributed by atoms with Crippen LogP contribution >= 0.6 is 23.1 Å². The fraction of sp³-hybridized carbons (Fsp3) is 0.308. The van der Waals surface area contributed by atoms with Crippen LogP contribution < -0.4 is 5.73 Å². The number of nitrogens with two attached hydrogens (primary N) is 1. The van der Waals surface area contributed by atoms with Gasteiger partial charge in [0.05, 0.1) is 12.4 Å². The topological polar surface area (TPSA) is 78.1 Å². The number of nitrogens with zero attached hydrogens (tertiary/aromatic N) is 2. The highest BCUT2D eigenvalue weighted by atomic mass is 32.2. The number of carbonyl (C=O) groups excluding carboxylic acids is 1. The first-order valence-corrected chi connectivity index (χ1v) is 7.97. The lowest BCUT2D eigenvalue weighted by atomic mass is 10.2. The van der Waals surface area contributed by atoms with Gasteiger partial charge in [0.2, 0.25) is 0 Å². The van der Waals surface area contributed by atoms with Gasteiger partial charge in [-0.05, 0) is 18.4 Å². The molecule has 0 radical (unpaired) electrons. The van der Waals surface area contributed by atoms with E-state index >= 15 is 0 Å². The molecule has 0 aliphatic rings. The maximum Gasteiger partial charge on any atom is 0.316 e. The van der Waals surface area contributed by atoms with Gasteiger partial charge in [-0.2, -0.15) is 0 Å². The maximum absolute atomic E-state index is 11.3. The molecule has 0 saturated carbocycles. The number of hydrogen-bond donors (Lipinski definition) is 1. The van der Waals surface area contributed by atoms with Crippen molar-refractivity contribution in [2.45, 2.75) is 18.5 Å². The van der Waals surface area contributed by atoms with Crippen molar-refractivity contribution in [3.05, 3.63) is 34.2 Å². The molecule has 106 valence electrons. The third-order valence-electron chi connectivity index (χ3n) is 2.45. The Bertz CT molecular complexity index is 573. The van der Waals surface area contributed by atoms with Gasteiger partial charge >= 0.3 is 5.97 Å². The molecule has 2 aromatic heterocycles. The number of thiophene rings is 1. The molecule has 20 heavy (non-hydrogen) atoms. The number of anilines is 1. The van der Waals surface area contributed by atoms with Gasteiger partial charge in [0.15, 0.2) is 5.16 Å². The Morgan fingerprint density at radius 3 is 3.05 bits per heavy atom. The summed E-state index contributed by atoms with van der Waals surface area (Å²) >= 11 is 2.90. The number of carbonyl (C=O) groups is 1. The van der Waals surface area contributed by atoms with Gasteiger partial charge in [-0.3, -0.25) is 4.79 Å². The molecule has 0 unspecified atom stereocenters. The Hall–Kier alpha value is -1.60. The molecule has 0 atom stereocenters. The van der Waals surface area contributed by atoms with E-state index in [9.17, 15) is 4.79 Å². The summed E-state index contributed by atoms with van der Waals surface area (Å²) in [7, 11) is 0. The lowest BCUT2D eigenvalue weighted by Crippen LogP contribution is -2.08. The van der Waals surface area contributed by atoms with E-state index in [1.807, 2.05) is 17.5 Å². The lowest BCUT2D eigenvalue weighted by molar-refractivity contribution is -0.139. The summed E-state index contributed by atoms with van der Waals surface area (Å²) in [5, 5.41) is 2.51. The standard InChI is InChI=1S/C13H15N3O2S2/c1-2-18-11(17)8-20-13-15-7-9(12(14)16-13)6-10-4-3-5-19-10/h3-5,7H,2,6,8H2,1H3,(H2,14,15,16). The minimum atomic E-state index is -0.276. The molecule has 0 spiro atoms. The van der Waals surface area contributed by atoms with E-state index in [4.69, 9.17) is 10.5 Å². The van der Waals surface area contributed by atoms with E-state index in [1.54, 1.807) is 24.5 Å². The van der Waals surface area contributed by atoms with Crippen molar-refractivity contribution < 1.29 is 9.53 Å². The van der Waals surface area contributed by atoms with Gasteiger partial charge in [0.1, 0.15) is 5.82 Å². The second-order valence-corrected chi connectivity index (χ2v) is 5.89. The van der Waals surface area contributed by atoms with Gasteiger partial charge < -0.3 is 10.5 Å². The first kappa shape index (κ1) is 14.8. The summed E-state index contributed by atoms with van der Waals surface area (Å²) in [5.41, 5.74) is 6.82. The fourth-order valence-corrected chi connectivity index (χ4v) is 2.88. The number of ether oxygens (including phenoxy) is 1. The van der Waals surface area contributed by atoms with Crippen molar-refractivity contribution in [3.8, 4) is 0 Å². The summed E-state index contributed by atoms with van der Waals surface area (Å²) in [6, 6.07) is 4.05. The van der Waals surface area contributed by atoms with Crippen LogP contribution in [0.3, 0.4) is 0 Å².